The van der Waals surface area contributed by atoms with E-state index in [2.05, 4.69) is 5.32 Å². The van der Waals surface area contributed by atoms with Crippen molar-refractivity contribution in [2.75, 3.05) is 17.3 Å². The zero-order valence-electron chi connectivity index (χ0n) is 11.8. The summed E-state index contributed by atoms with van der Waals surface area (Å²) in [4.78, 5) is 25.3. The summed E-state index contributed by atoms with van der Waals surface area (Å²) >= 11 is 1.59. The first-order valence-electron chi connectivity index (χ1n) is 6.84. The molecule has 1 N–H and O–H groups in total. The Hall–Kier alpha value is -2.14. The molecule has 108 valence electrons. The van der Waals surface area contributed by atoms with Gasteiger partial charge in [0.15, 0.2) is 0 Å². The average Bonchev–Trinajstić information content (AvgIpc) is 2.96. The first-order valence-corrected chi connectivity index (χ1v) is 7.78. The molecule has 0 unspecified atom stereocenters. The molecule has 0 atom stereocenters. The molecule has 1 aromatic heterocycles. The van der Waals surface area contributed by atoms with Crippen LogP contribution in [-0.2, 0) is 22.4 Å². The number of anilines is 2. The minimum atomic E-state index is -0.0198. The number of carbonyl (C=O) groups excluding carboxylic acids is 2. The molecule has 0 radical (unpaired) electrons. The van der Waals surface area contributed by atoms with E-state index in [0.29, 0.717) is 12.8 Å². The summed E-state index contributed by atoms with van der Waals surface area (Å²) in [5.74, 6) is 0.116. The van der Waals surface area contributed by atoms with Gasteiger partial charge in [0.1, 0.15) is 0 Å². The van der Waals surface area contributed by atoms with Crippen LogP contribution in [0.1, 0.15) is 17.5 Å². The largest absolute Gasteiger partial charge is 0.326 e. The Morgan fingerprint density at radius 1 is 1.33 bits per heavy atom. The number of amides is 2. The molecule has 1 aliphatic heterocycles. The van der Waals surface area contributed by atoms with Crippen LogP contribution in [0.2, 0.25) is 0 Å². The molecular formula is C16H16N2O2S. The summed E-state index contributed by atoms with van der Waals surface area (Å²) in [6, 6.07) is 7.66. The topological polar surface area (TPSA) is 49.4 Å². The predicted molar refractivity (Wildman–Crippen MR) is 84.8 cm³/mol. The van der Waals surface area contributed by atoms with Gasteiger partial charge in [0.05, 0.1) is 6.42 Å². The fourth-order valence-corrected chi connectivity index (χ4v) is 3.19. The Bertz CT molecular complexity index is 680. The molecule has 1 aromatic carbocycles. The summed E-state index contributed by atoms with van der Waals surface area (Å²) in [6.07, 6.45) is 1.64. The third-order valence-electron chi connectivity index (χ3n) is 3.65. The second-order valence-corrected chi connectivity index (χ2v) is 5.93. The number of nitrogens with zero attached hydrogens (tertiary/aromatic N) is 1. The lowest BCUT2D eigenvalue weighted by Crippen LogP contribution is -2.31. The van der Waals surface area contributed by atoms with Crippen molar-refractivity contribution in [3.05, 3.63) is 46.2 Å². The van der Waals surface area contributed by atoms with Gasteiger partial charge in [0.2, 0.25) is 11.8 Å². The molecule has 2 aromatic rings. The quantitative estimate of drug-likeness (QED) is 0.947. The molecular weight excluding hydrogens is 284 g/mol. The van der Waals surface area contributed by atoms with Crippen LogP contribution in [0.3, 0.4) is 0 Å². The number of aryl methyl sites for hydroxylation is 1. The third-order valence-corrected chi connectivity index (χ3v) is 4.38. The maximum atomic E-state index is 12.0. The van der Waals surface area contributed by atoms with E-state index in [0.717, 1.165) is 28.9 Å². The van der Waals surface area contributed by atoms with Crippen molar-refractivity contribution in [3.63, 3.8) is 0 Å². The van der Waals surface area contributed by atoms with Crippen molar-refractivity contribution in [2.45, 2.75) is 19.3 Å². The molecule has 2 heterocycles. The Labute approximate surface area is 127 Å². The second-order valence-electron chi connectivity index (χ2n) is 5.15. The van der Waals surface area contributed by atoms with Gasteiger partial charge >= 0.3 is 0 Å². The van der Waals surface area contributed by atoms with Crippen LogP contribution in [0.5, 0.6) is 0 Å². The number of thiophene rings is 1. The maximum absolute atomic E-state index is 12.0. The van der Waals surface area contributed by atoms with Crippen molar-refractivity contribution in [2.24, 2.45) is 0 Å². The molecule has 3 rings (SSSR count). The Balaban J connectivity index is 1.72. The van der Waals surface area contributed by atoms with Gasteiger partial charge in [-0.05, 0) is 52.6 Å². The smallest absolute Gasteiger partial charge is 0.228 e. The molecule has 2 amide bonds. The molecule has 0 bridgehead atoms. The first-order chi connectivity index (χ1) is 10.1. The van der Waals surface area contributed by atoms with E-state index in [1.54, 1.807) is 23.3 Å². The zero-order chi connectivity index (χ0) is 14.8. The lowest BCUT2D eigenvalue weighted by molar-refractivity contribution is -0.118. The van der Waals surface area contributed by atoms with E-state index < -0.39 is 0 Å². The number of hydrogen-bond donors (Lipinski definition) is 1. The van der Waals surface area contributed by atoms with Crippen LogP contribution in [0.15, 0.2) is 35.0 Å². The highest BCUT2D eigenvalue weighted by atomic mass is 32.1. The number of rotatable bonds is 3. The molecule has 21 heavy (non-hydrogen) atoms. The molecule has 5 heteroatoms. The van der Waals surface area contributed by atoms with Gasteiger partial charge in [-0.25, -0.2) is 0 Å². The molecule has 1 aliphatic rings. The van der Waals surface area contributed by atoms with Gasteiger partial charge in [-0.1, -0.05) is 0 Å². The molecule has 0 aliphatic carbocycles. The number of carbonyl (C=O) groups is 2. The van der Waals surface area contributed by atoms with E-state index >= 15 is 0 Å². The van der Waals surface area contributed by atoms with Gasteiger partial charge in [-0.15, -0.1) is 0 Å². The van der Waals surface area contributed by atoms with Crippen molar-refractivity contribution in [1.82, 2.24) is 0 Å². The first kappa shape index (κ1) is 13.8. The Morgan fingerprint density at radius 2 is 2.19 bits per heavy atom. The lowest BCUT2D eigenvalue weighted by Gasteiger charge is -2.26. The third kappa shape index (κ3) is 2.97. The number of fused-ring (bicyclic) bond motifs is 1. The standard InChI is InChI=1S/C16H16N2O2S/c1-18-14-4-3-13(9-12(14)2-5-16(18)20)17-15(19)8-11-6-7-21-10-11/h3-4,6-7,9-10H,2,5,8H2,1H3,(H,17,19). The minimum absolute atomic E-state index is 0.0198. The minimum Gasteiger partial charge on any atom is -0.326 e. The van der Waals surface area contributed by atoms with Gasteiger partial charge < -0.3 is 10.2 Å². The van der Waals surface area contributed by atoms with E-state index in [1.165, 1.54) is 0 Å². The van der Waals surface area contributed by atoms with Crippen LogP contribution in [0, 0.1) is 0 Å². The zero-order valence-corrected chi connectivity index (χ0v) is 12.6. The van der Waals surface area contributed by atoms with Crippen molar-refractivity contribution in [3.8, 4) is 0 Å². The molecule has 4 nitrogen and oxygen atoms in total. The SMILES string of the molecule is CN1C(=O)CCc2cc(NC(=O)Cc3ccsc3)ccc21. The highest BCUT2D eigenvalue weighted by Gasteiger charge is 2.20. The van der Waals surface area contributed by atoms with E-state index in [1.807, 2.05) is 35.0 Å². The summed E-state index contributed by atoms with van der Waals surface area (Å²) in [6.45, 7) is 0. The maximum Gasteiger partial charge on any atom is 0.228 e. The fourth-order valence-electron chi connectivity index (χ4n) is 2.52. The monoisotopic (exact) mass is 300 g/mol. The summed E-state index contributed by atoms with van der Waals surface area (Å²) in [5, 5.41) is 6.86. The number of nitrogens with one attached hydrogen (secondary N) is 1. The van der Waals surface area contributed by atoms with Gasteiger partial charge in [0.25, 0.3) is 0 Å². The normalized spacial score (nSPS) is 14.0. The molecule has 0 saturated carbocycles. The highest BCUT2D eigenvalue weighted by Crippen LogP contribution is 2.29. The Morgan fingerprint density at radius 3 is 2.95 bits per heavy atom. The fraction of sp³-hybridized carbons (Fsp3) is 0.250. The predicted octanol–water partition coefficient (Wildman–Crippen LogP) is 2.84. The van der Waals surface area contributed by atoms with Crippen LogP contribution in [0.25, 0.3) is 0 Å². The number of benzene rings is 1. The second kappa shape index (κ2) is 5.69. The van der Waals surface area contributed by atoms with Gasteiger partial charge in [0, 0.05) is 24.8 Å². The average molecular weight is 300 g/mol. The van der Waals surface area contributed by atoms with Gasteiger partial charge in [-0.3, -0.25) is 9.59 Å². The van der Waals surface area contributed by atoms with Crippen LogP contribution in [-0.4, -0.2) is 18.9 Å². The lowest BCUT2D eigenvalue weighted by atomic mass is 10.0. The molecule has 0 saturated heterocycles. The van der Waals surface area contributed by atoms with Crippen molar-refractivity contribution in [1.29, 1.82) is 0 Å². The Kier molecular flexibility index (Phi) is 3.75. The highest BCUT2D eigenvalue weighted by molar-refractivity contribution is 7.08. The van der Waals surface area contributed by atoms with E-state index in [9.17, 15) is 9.59 Å². The summed E-state index contributed by atoms with van der Waals surface area (Å²) in [7, 11) is 1.79. The summed E-state index contributed by atoms with van der Waals surface area (Å²) in [5.41, 5.74) is 3.85. The van der Waals surface area contributed by atoms with Gasteiger partial charge in [-0.2, -0.15) is 11.3 Å². The van der Waals surface area contributed by atoms with E-state index in [-0.39, 0.29) is 11.8 Å². The van der Waals surface area contributed by atoms with Crippen LogP contribution < -0.4 is 10.2 Å². The number of hydrogen-bond acceptors (Lipinski definition) is 3. The molecule has 0 fully saturated rings. The van der Waals surface area contributed by atoms with Crippen molar-refractivity contribution >= 4 is 34.5 Å². The molecule has 0 spiro atoms. The van der Waals surface area contributed by atoms with Crippen LogP contribution in [0.4, 0.5) is 11.4 Å². The van der Waals surface area contributed by atoms with E-state index in [4.69, 9.17) is 0 Å². The summed E-state index contributed by atoms with van der Waals surface area (Å²) < 4.78 is 0. The van der Waals surface area contributed by atoms with Crippen molar-refractivity contribution < 1.29 is 9.59 Å². The van der Waals surface area contributed by atoms with Crippen LogP contribution >= 0.6 is 11.3 Å².